The molecule has 0 spiro atoms. The highest BCUT2D eigenvalue weighted by molar-refractivity contribution is 5.79. The second-order valence-corrected chi connectivity index (χ2v) is 8.29. The van der Waals surface area contributed by atoms with Gasteiger partial charge in [-0.05, 0) is 25.5 Å². The lowest BCUT2D eigenvalue weighted by Gasteiger charge is -2.36. The van der Waals surface area contributed by atoms with E-state index in [0.29, 0.717) is 22.9 Å². The molecule has 0 bridgehead atoms. The summed E-state index contributed by atoms with van der Waals surface area (Å²) in [7, 11) is 1.85. The van der Waals surface area contributed by atoms with E-state index in [1.165, 1.54) is 18.3 Å². The Balaban J connectivity index is 1.56. The minimum absolute atomic E-state index is 0.144. The van der Waals surface area contributed by atoms with E-state index in [4.69, 9.17) is 4.98 Å². The molecule has 5 heterocycles. The van der Waals surface area contributed by atoms with Gasteiger partial charge < -0.3 is 4.90 Å². The van der Waals surface area contributed by atoms with Crippen LogP contribution in [0.5, 0.6) is 0 Å². The molecule has 10 nitrogen and oxygen atoms in total. The van der Waals surface area contributed by atoms with Crippen LogP contribution in [-0.4, -0.2) is 44.7 Å². The first-order chi connectivity index (χ1) is 17.0. The van der Waals surface area contributed by atoms with Gasteiger partial charge in [-0.25, -0.2) is 18.7 Å². The van der Waals surface area contributed by atoms with Crippen molar-refractivity contribution in [2.24, 2.45) is 7.05 Å². The zero-order valence-corrected chi connectivity index (χ0v) is 19.1. The van der Waals surface area contributed by atoms with Crippen molar-refractivity contribution in [3.05, 3.63) is 66.3 Å². The number of H-pyrrole nitrogens is 1. The first-order valence-electron chi connectivity index (χ1n) is 11.0. The number of halogens is 2. The maximum absolute atomic E-state index is 14.6. The van der Waals surface area contributed by atoms with Crippen LogP contribution in [0.15, 0.2) is 43.0 Å². The minimum Gasteiger partial charge on any atom is -0.311 e. The fraction of sp³-hybridized carbons (Fsp3) is 0.217. The van der Waals surface area contributed by atoms with Gasteiger partial charge in [0.05, 0.1) is 41.6 Å². The van der Waals surface area contributed by atoms with Crippen molar-refractivity contribution in [3.8, 4) is 28.3 Å². The average molecular weight is 474 g/mol. The summed E-state index contributed by atoms with van der Waals surface area (Å²) in [6.07, 6.45) is 7.65. The van der Waals surface area contributed by atoms with Crippen molar-refractivity contribution in [1.29, 1.82) is 0 Å². The van der Waals surface area contributed by atoms with E-state index in [1.54, 1.807) is 17.1 Å². The molecule has 1 aromatic carbocycles. The van der Waals surface area contributed by atoms with E-state index in [2.05, 4.69) is 42.3 Å². The fourth-order valence-electron chi connectivity index (χ4n) is 4.54. The van der Waals surface area contributed by atoms with E-state index in [1.807, 2.05) is 24.7 Å². The summed E-state index contributed by atoms with van der Waals surface area (Å²) < 4.78 is 31.7. The summed E-state index contributed by atoms with van der Waals surface area (Å²) in [6.45, 7) is 3.95. The quantitative estimate of drug-likeness (QED) is 0.419. The number of anilines is 2. The van der Waals surface area contributed by atoms with Gasteiger partial charge in [0, 0.05) is 24.9 Å². The molecular weight excluding hydrogens is 454 g/mol. The van der Waals surface area contributed by atoms with E-state index in [0.717, 1.165) is 35.5 Å². The Morgan fingerprint density at radius 1 is 1.09 bits per heavy atom. The van der Waals surface area contributed by atoms with Crippen molar-refractivity contribution < 1.29 is 8.78 Å². The molecule has 1 aliphatic heterocycles. The summed E-state index contributed by atoms with van der Waals surface area (Å²) >= 11 is 0. The molecule has 0 fully saturated rings. The third-order valence-electron chi connectivity index (χ3n) is 6.12. The summed E-state index contributed by atoms with van der Waals surface area (Å²) in [5, 5.41) is 20.0. The number of hydrogen-bond donors (Lipinski definition) is 1. The normalized spacial score (nSPS) is 14.8. The third kappa shape index (κ3) is 3.21. The van der Waals surface area contributed by atoms with Gasteiger partial charge in [0.15, 0.2) is 17.5 Å². The van der Waals surface area contributed by atoms with Crippen LogP contribution >= 0.6 is 0 Å². The van der Waals surface area contributed by atoms with Gasteiger partial charge in [-0.1, -0.05) is 6.92 Å². The van der Waals surface area contributed by atoms with E-state index < -0.39 is 11.6 Å². The highest BCUT2D eigenvalue weighted by atomic mass is 19.1. The molecule has 0 aliphatic carbocycles. The van der Waals surface area contributed by atoms with E-state index in [9.17, 15) is 8.78 Å². The van der Waals surface area contributed by atoms with Crippen molar-refractivity contribution in [2.75, 3.05) is 4.90 Å². The van der Waals surface area contributed by atoms with Crippen LogP contribution in [0.3, 0.4) is 0 Å². The Morgan fingerprint density at radius 3 is 2.69 bits per heavy atom. The molecular formula is C23H20F2N10. The van der Waals surface area contributed by atoms with Gasteiger partial charge in [-0.2, -0.15) is 10.2 Å². The smallest absolute Gasteiger partial charge is 0.165 e. The number of aryl methyl sites for hydroxylation is 2. The zero-order chi connectivity index (χ0) is 24.3. The maximum atomic E-state index is 14.6. The first kappa shape index (κ1) is 21.1. The van der Waals surface area contributed by atoms with Gasteiger partial charge >= 0.3 is 0 Å². The molecule has 5 aromatic rings. The fourth-order valence-corrected chi connectivity index (χ4v) is 4.54. The Bertz CT molecular complexity index is 1570. The summed E-state index contributed by atoms with van der Waals surface area (Å²) in [5.41, 5.74) is 2.59. The molecule has 4 aromatic heterocycles. The number of benzene rings is 1. The topological polar surface area (TPSA) is 106 Å². The predicted molar refractivity (Wildman–Crippen MR) is 123 cm³/mol. The zero-order valence-electron chi connectivity index (χ0n) is 19.1. The van der Waals surface area contributed by atoms with Crippen LogP contribution in [0.2, 0.25) is 0 Å². The molecule has 1 atom stereocenters. The molecule has 1 aliphatic rings. The van der Waals surface area contributed by atoms with E-state index in [-0.39, 0.29) is 11.6 Å². The molecule has 0 radical (unpaired) electrons. The minimum atomic E-state index is -0.707. The van der Waals surface area contributed by atoms with Gasteiger partial charge in [0.2, 0.25) is 0 Å². The van der Waals surface area contributed by atoms with Crippen molar-refractivity contribution in [2.45, 2.75) is 26.3 Å². The monoisotopic (exact) mass is 474 g/mol. The second-order valence-electron chi connectivity index (χ2n) is 8.29. The lowest BCUT2D eigenvalue weighted by molar-refractivity contribution is 0.585. The predicted octanol–water partition coefficient (Wildman–Crippen LogP) is 4.04. The van der Waals surface area contributed by atoms with E-state index >= 15 is 0 Å². The van der Waals surface area contributed by atoms with Gasteiger partial charge in [0.25, 0.3) is 0 Å². The number of hydrogen-bond acceptors (Lipinski definition) is 7. The van der Waals surface area contributed by atoms with Gasteiger partial charge in [-0.15, -0.1) is 10.2 Å². The maximum Gasteiger partial charge on any atom is 0.165 e. The number of aromatic nitrogens is 9. The van der Waals surface area contributed by atoms with Crippen LogP contribution in [0.1, 0.15) is 31.0 Å². The van der Waals surface area contributed by atoms with Crippen LogP contribution < -0.4 is 4.90 Å². The number of aromatic amines is 1. The molecule has 12 heteroatoms. The standard InChI is InChI=1S/C23H20F2N10/c1-4-18-23-32-30-12(2)34(23)19-10-26-21(29-22(19)35(18)14-8-28-33(3)11-14)16-9-27-31-20(16)15-6-5-13(24)7-17(15)25/h5-11,18H,4H2,1-3H3,(H,27,31). The highest BCUT2D eigenvalue weighted by Crippen LogP contribution is 2.44. The second kappa shape index (κ2) is 7.79. The van der Waals surface area contributed by atoms with Gasteiger partial charge in [-0.3, -0.25) is 14.3 Å². The lowest BCUT2D eigenvalue weighted by Crippen LogP contribution is -2.32. The summed E-state index contributed by atoms with van der Waals surface area (Å²) in [6, 6.07) is 3.25. The van der Waals surface area contributed by atoms with Crippen LogP contribution in [-0.2, 0) is 7.05 Å². The molecule has 0 saturated heterocycles. The lowest BCUT2D eigenvalue weighted by atomic mass is 10.1. The molecule has 0 saturated carbocycles. The molecule has 1 unspecified atom stereocenters. The first-order valence-corrected chi connectivity index (χ1v) is 11.0. The Kier molecular flexibility index (Phi) is 4.69. The highest BCUT2D eigenvalue weighted by Gasteiger charge is 2.36. The number of rotatable bonds is 4. The summed E-state index contributed by atoms with van der Waals surface area (Å²) in [5.74, 6) is 1.12. The molecule has 6 rings (SSSR count). The third-order valence-corrected chi connectivity index (χ3v) is 6.12. The molecule has 1 N–H and O–H groups in total. The Hall–Kier alpha value is -4.48. The molecule has 35 heavy (non-hydrogen) atoms. The molecule has 0 amide bonds. The Morgan fingerprint density at radius 2 is 1.94 bits per heavy atom. The van der Waals surface area contributed by atoms with Crippen LogP contribution in [0.25, 0.3) is 28.3 Å². The van der Waals surface area contributed by atoms with Crippen LogP contribution in [0, 0.1) is 18.6 Å². The number of nitrogens with zero attached hydrogens (tertiary/aromatic N) is 9. The molecule has 176 valence electrons. The van der Waals surface area contributed by atoms with Gasteiger partial charge in [0.1, 0.15) is 23.1 Å². The van der Waals surface area contributed by atoms with Crippen molar-refractivity contribution in [3.63, 3.8) is 0 Å². The Labute approximate surface area is 198 Å². The summed E-state index contributed by atoms with van der Waals surface area (Å²) in [4.78, 5) is 11.6. The average Bonchev–Trinajstić information content (AvgIpc) is 3.58. The SMILES string of the molecule is CCC1c2nnc(C)n2-c2cnc(-c3cn[nH]c3-c3ccc(F)cc3F)nc2N1c1cnn(C)c1. The number of fused-ring (bicyclic) bond motifs is 3. The van der Waals surface area contributed by atoms with Crippen molar-refractivity contribution >= 4 is 11.5 Å². The number of nitrogens with one attached hydrogen (secondary N) is 1. The van der Waals surface area contributed by atoms with Crippen LogP contribution in [0.4, 0.5) is 20.3 Å². The van der Waals surface area contributed by atoms with Crippen molar-refractivity contribution in [1.82, 2.24) is 44.7 Å². The largest absolute Gasteiger partial charge is 0.311 e.